The van der Waals surface area contributed by atoms with E-state index in [4.69, 9.17) is 9.47 Å². The molecule has 1 aliphatic carbocycles. The van der Waals surface area contributed by atoms with Crippen LogP contribution in [0.2, 0.25) is 0 Å². The minimum atomic E-state index is -0.341. The highest BCUT2D eigenvalue weighted by Gasteiger charge is 2.45. The van der Waals surface area contributed by atoms with E-state index in [-0.39, 0.29) is 23.5 Å². The summed E-state index contributed by atoms with van der Waals surface area (Å²) in [4.78, 5) is 18.3. The summed E-state index contributed by atoms with van der Waals surface area (Å²) in [6.45, 7) is 3.25. The van der Waals surface area contributed by atoms with Gasteiger partial charge in [0.2, 0.25) is 5.91 Å². The van der Waals surface area contributed by atoms with Crippen LogP contribution in [0.15, 0.2) is 12.7 Å². The summed E-state index contributed by atoms with van der Waals surface area (Å²) < 4.78 is 13.9. The topological polar surface area (TPSA) is 69.5 Å². The SMILES string of the molecule is O=C(C1CC1)N1CCOCC2(CCC(Cn3cncn3)O2)C1. The fourth-order valence-corrected chi connectivity index (χ4v) is 3.46. The molecule has 7 heteroatoms. The van der Waals surface area contributed by atoms with Crippen LogP contribution in [0.5, 0.6) is 0 Å². The number of rotatable bonds is 3. The Bertz CT molecular complexity index is 531. The lowest BCUT2D eigenvalue weighted by Gasteiger charge is -2.32. The van der Waals surface area contributed by atoms with E-state index in [9.17, 15) is 4.79 Å². The lowest BCUT2D eigenvalue weighted by molar-refractivity contribution is -0.137. The van der Waals surface area contributed by atoms with Gasteiger partial charge in [-0.2, -0.15) is 5.10 Å². The molecule has 0 N–H and O–H groups in total. The average molecular weight is 306 g/mol. The first-order valence-corrected chi connectivity index (χ1v) is 8.11. The highest BCUT2D eigenvalue weighted by Crippen LogP contribution is 2.36. The Morgan fingerprint density at radius 2 is 2.27 bits per heavy atom. The second kappa shape index (κ2) is 5.62. The molecule has 1 aromatic heterocycles. The van der Waals surface area contributed by atoms with E-state index in [1.165, 1.54) is 6.33 Å². The second-order valence-electron chi connectivity index (χ2n) is 6.67. The first-order chi connectivity index (χ1) is 10.7. The van der Waals surface area contributed by atoms with Crippen LogP contribution >= 0.6 is 0 Å². The Kier molecular flexibility index (Phi) is 3.62. The molecule has 1 aromatic rings. The molecule has 1 spiro atoms. The number of hydrogen-bond donors (Lipinski definition) is 0. The van der Waals surface area contributed by atoms with Crippen molar-refractivity contribution in [2.75, 3.05) is 26.3 Å². The van der Waals surface area contributed by atoms with E-state index in [1.807, 2.05) is 4.90 Å². The predicted molar refractivity (Wildman–Crippen MR) is 77.0 cm³/mol. The van der Waals surface area contributed by atoms with Gasteiger partial charge in [-0.1, -0.05) is 0 Å². The summed E-state index contributed by atoms with van der Waals surface area (Å²) >= 11 is 0. The molecule has 0 bridgehead atoms. The van der Waals surface area contributed by atoms with Gasteiger partial charge < -0.3 is 14.4 Å². The van der Waals surface area contributed by atoms with Crippen molar-refractivity contribution in [2.45, 2.75) is 43.9 Å². The molecule has 1 amide bonds. The maximum Gasteiger partial charge on any atom is 0.225 e. The van der Waals surface area contributed by atoms with Crippen LogP contribution in [0.3, 0.4) is 0 Å². The smallest absolute Gasteiger partial charge is 0.225 e. The summed E-state index contributed by atoms with van der Waals surface area (Å²) in [7, 11) is 0. The average Bonchev–Trinajstić information content (AvgIpc) is 3.17. The van der Waals surface area contributed by atoms with Crippen LogP contribution in [-0.2, 0) is 20.8 Å². The molecule has 0 radical (unpaired) electrons. The van der Waals surface area contributed by atoms with Gasteiger partial charge in [-0.15, -0.1) is 0 Å². The van der Waals surface area contributed by atoms with Crippen molar-refractivity contribution in [3.63, 3.8) is 0 Å². The van der Waals surface area contributed by atoms with Crippen molar-refractivity contribution in [2.24, 2.45) is 5.92 Å². The van der Waals surface area contributed by atoms with E-state index < -0.39 is 0 Å². The quantitative estimate of drug-likeness (QED) is 0.812. The molecular formula is C15H22N4O3. The van der Waals surface area contributed by atoms with Gasteiger partial charge in [-0.25, -0.2) is 4.98 Å². The molecule has 7 nitrogen and oxygen atoms in total. The van der Waals surface area contributed by atoms with Crippen molar-refractivity contribution in [3.8, 4) is 0 Å². The number of amides is 1. The molecule has 2 atom stereocenters. The molecule has 3 heterocycles. The zero-order valence-electron chi connectivity index (χ0n) is 12.7. The van der Waals surface area contributed by atoms with Crippen LogP contribution in [0.4, 0.5) is 0 Å². The Hall–Kier alpha value is -1.47. The van der Waals surface area contributed by atoms with Gasteiger partial charge in [0.1, 0.15) is 18.3 Å². The van der Waals surface area contributed by atoms with Gasteiger partial charge in [0.25, 0.3) is 0 Å². The normalized spacial score (nSPS) is 32.4. The van der Waals surface area contributed by atoms with Gasteiger partial charge in [0.15, 0.2) is 0 Å². The summed E-state index contributed by atoms with van der Waals surface area (Å²) in [5, 5.41) is 4.14. The third kappa shape index (κ3) is 2.87. The fourth-order valence-electron chi connectivity index (χ4n) is 3.46. The third-order valence-electron chi connectivity index (χ3n) is 4.78. The Morgan fingerprint density at radius 1 is 1.36 bits per heavy atom. The van der Waals surface area contributed by atoms with Gasteiger partial charge in [0, 0.05) is 12.5 Å². The van der Waals surface area contributed by atoms with E-state index in [2.05, 4.69) is 10.1 Å². The predicted octanol–water partition coefficient (Wildman–Crippen LogP) is 0.465. The van der Waals surface area contributed by atoms with Crippen molar-refractivity contribution in [1.29, 1.82) is 0 Å². The van der Waals surface area contributed by atoms with Crippen LogP contribution in [-0.4, -0.2) is 63.6 Å². The van der Waals surface area contributed by atoms with Crippen LogP contribution in [0, 0.1) is 5.92 Å². The largest absolute Gasteiger partial charge is 0.377 e. The maximum atomic E-state index is 12.4. The first-order valence-electron chi connectivity index (χ1n) is 8.11. The lowest BCUT2D eigenvalue weighted by Crippen LogP contribution is -2.47. The molecular weight excluding hydrogens is 284 g/mol. The number of carbonyl (C=O) groups excluding carboxylic acids is 1. The number of nitrogens with zero attached hydrogens (tertiary/aromatic N) is 4. The molecule has 0 aromatic carbocycles. The summed E-state index contributed by atoms with van der Waals surface area (Å²) in [6, 6.07) is 0. The standard InChI is InChI=1S/C15H22N4O3/c20-14(12-1-2-12)18-5-6-21-9-15(8-18)4-3-13(22-15)7-19-11-16-10-17-19/h10-13H,1-9H2. The Labute approximate surface area is 129 Å². The molecule has 3 fully saturated rings. The Morgan fingerprint density at radius 3 is 3.05 bits per heavy atom. The summed E-state index contributed by atoms with van der Waals surface area (Å²) in [5.74, 6) is 0.538. The first kappa shape index (κ1) is 14.1. The second-order valence-corrected chi connectivity index (χ2v) is 6.67. The number of hydrogen-bond acceptors (Lipinski definition) is 5. The highest BCUT2D eigenvalue weighted by molar-refractivity contribution is 5.81. The van der Waals surface area contributed by atoms with E-state index in [0.29, 0.717) is 32.8 Å². The highest BCUT2D eigenvalue weighted by atomic mass is 16.6. The van der Waals surface area contributed by atoms with E-state index in [0.717, 1.165) is 25.7 Å². The fraction of sp³-hybridized carbons (Fsp3) is 0.800. The van der Waals surface area contributed by atoms with Gasteiger partial charge in [-0.3, -0.25) is 9.48 Å². The molecule has 2 aliphatic heterocycles. The van der Waals surface area contributed by atoms with Gasteiger partial charge >= 0.3 is 0 Å². The minimum Gasteiger partial charge on any atom is -0.377 e. The van der Waals surface area contributed by atoms with Gasteiger partial charge in [0.05, 0.1) is 32.4 Å². The minimum absolute atomic E-state index is 0.112. The van der Waals surface area contributed by atoms with E-state index >= 15 is 0 Å². The monoisotopic (exact) mass is 306 g/mol. The molecule has 4 rings (SSSR count). The summed E-state index contributed by atoms with van der Waals surface area (Å²) in [5.41, 5.74) is -0.341. The zero-order chi connectivity index (χ0) is 15.0. The molecule has 1 saturated carbocycles. The maximum absolute atomic E-state index is 12.4. The zero-order valence-corrected chi connectivity index (χ0v) is 12.7. The number of aromatic nitrogens is 3. The van der Waals surface area contributed by atoms with Crippen LogP contribution < -0.4 is 0 Å². The molecule has 2 unspecified atom stereocenters. The van der Waals surface area contributed by atoms with Crippen molar-refractivity contribution >= 4 is 5.91 Å². The van der Waals surface area contributed by atoms with Crippen molar-refractivity contribution < 1.29 is 14.3 Å². The van der Waals surface area contributed by atoms with Crippen molar-refractivity contribution in [3.05, 3.63) is 12.7 Å². The van der Waals surface area contributed by atoms with Crippen LogP contribution in [0.1, 0.15) is 25.7 Å². The summed E-state index contributed by atoms with van der Waals surface area (Å²) in [6.07, 6.45) is 7.34. The molecule has 3 aliphatic rings. The molecule has 2 saturated heterocycles. The number of ether oxygens (including phenoxy) is 2. The number of carbonyl (C=O) groups is 1. The van der Waals surface area contributed by atoms with E-state index in [1.54, 1.807) is 11.0 Å². The van der Waals surface area contributed by atoms with Crippen molar-refractivity contribution in [1.82, 2.24) is 19.7 Å². The lowest BCUT2D eigenvalue weighted by atomic mass is 10.00. The molecule has 120 valence electrons. The van der Waals surface area contributed by atoms with Gasteiger partial charge in [-0.05, 0) is 25.7 Å². The Balaban J connectivity index is 1.42. The molecule has 22 heavy (non-hydrogen) atoms. The van der Waals surface area contributed by atoms with Crippen LogP contribution in [0.25, 0.3) is 0 Å². The third-order valence-corrected chi connectivity index (χ3v) is 4.78.